The van der Waals surface area contributed by atoms with Crippen molar-refractivity contribution in [3.05, 3.63) is 75.2 Å². The number of hydrogen-bond donors (Lipinski definition) is 1. The number of fused-ring (bicyclic) bond motifs is 1. The van der Waals surface area contributed by atoms with Crippen LogP contribution in [-0.2, 0) is 7.05 Å². The molecule has 0 fully saturated rings. The van der Waals surface area contributed by atoms with Crippen LogP contribution < -0.4 is 11.0 Å². The molecular formula is C21H20N6O3. The third-order valence-corrected chi connectivity index (χ3v) is 4.86. The molecule has 0 saturated carbocycles. The van der Waals surface area contributed by atoms with Gasteiger partial charge in [-0.05, 0) is 32.9 Å². The van der Waals surface area contributed by atoms with E-state index < -0.39 is 5.91 Å². The van der Waals surface area contributed by atoms with Gasteiger partial charge in [-0.3, -0.25) is 14.2 Å². The highest BCUT2D eigenvalue weighted by Gasteiger charge is 2.16. The summed E-state index contributed by atoms with van der Waals surface area (Å²) in [7, 11) is 1.51. The maximum atomic E-state index is 12.7. The van der Waals surface area contributed by atoms with Gasteiger partial charge in [-0.25, -0.2) is 10.1 Å². The van der Waals surface area contributed by atoms with Gasteiger partial charge in [0.25, 0.3) is 11.5 Å². The predicted molar refractivity (Wildman–Crippen MR) is 112 cm³/mol. The number of benzene rings is 1. The van der Waals surface area contributed by atoms with E-state index in [4.69, 9.17) is 4.52 Å². The van der Waals surface area contributed by atoms with Crippen LogP contribution in [0.4, 0.5) is 0 Å². The zero-order valence-electron chi connectivity index (χ0n) is 17.0. The first-order chi connectivity index (χ1) is 14.4. The molecule has 0 unspecified atom stereocenters. The Balaban J connectivity index is 1.61. The first-order valence-corrected chi connectivity index (χ1v) is 9.29. The van der Waals surface area contributed by atoms with Crippen LogP contribution in [0.1, 0.15) is 33.2 Å². The summed E-state index contributed by atoms with van der Waals surface area (Å²) >= 11 is 0. The Bertz CT molecular complexity index is 1360. The van der Waals surface area contributed by atoms with Gasteiger partial charge in [-0.2, -0.15) is 10.2 Å². The van der Waals surface area contributed by atoms with E-state index in [1.165, 1.54) is 7.05 Å². The fraction of sp³-hybridized carbons (Fsp3) is 0.190. The number of nitrogens with zero attached hydrogens (tertiary/aromatic N) is 5. The lowest BCUT2D eigenvalue weighted by atomic mass is 10.1. The average molecular weight is 404 g/mol. The van der Waals surface area contributed by atoms with Crippen molar-refractivity contribution >= 4 is 22.9 Å². The Morgan fingerprint density at radius 2 is 1.90 bits per heavy atom. The Labute approximate surface area is 171 Å². The molecule has 9 nitrogen and oxygen atoms in total. The topological polar surface area (TPSA) is 107 Å². The van der Waals surface area contributed by atoms with Gasteiger partial charge in [0.1, 0.15) is 5.76 Å². The Hall–Kier alpha value is -4.01. The van der Waals surface area contributed by atoms with Crippen LogP contribution in [0.2, 0.25) is 0 Å². The molecular weight excluding hydrogens is 384 g/mol. The van der Waals surface area contributed by atoms with Gasteiger partial charge >= 0.3 is 0 Å². The molecule has 0 aliphatic carbocycles. The van der Waals surface area contributed by atoms with E-state index in [0.29, 0.717) is 16.6 Å². The highest BCUT2D eigenvalue weighted by Crippen LogP contribution is 2.19. The number of aryl methyl sites for hydroxylation is 3. The van der Waals surface area contributed by atoms with E-state index in [1.54, 1.807) is 30.5 Å². The van der Waals surface area contributed by atoms with E-state index >= 15 is 0 Å². The molecule has 4 aromatic rings. The van der Waals surface area contributed by atoms with Crippen LogP contribution >= 0.6 is 0 Å². The SMILES string of the molecule is Cc1cc(-n2c(C)cc(/C=N/NC(=O)c3nn(C)c(=O)c4ccccc34)c2C)no1. The second kappa shape index (κ2) is 7.43. The maximum absolute atomic E-state index is 12.7. The van der Waals surface area contributed by atoms with Crippen LogP contribution in [0.5, 0.6) is 0 Å². The lowest BCUT2D eigenvalue weighted by Gasteiger charge is -2.06. The second-order valence-corrected chi connectivity index (χ2v) is 6.98. The monoisotopic (exact) mass is 404 g/mol. The zero-order chi connectivity index (χ0) is 21.4. The number of aromatic nitrogens is 4. The molecule has 3 heterocycles. The molecule has 0 bridgehead atoms. The average Bonchev–Trinajstić information content (AvgIpc) is 3.26. The van der Waals surface area contributed by atoms with Crippen molar-refractivity contribution in [1.29, 1.82) is 0 Å². The summed E-state index contributed by atoms with van der Waals surface area (Å²) in [5.74, 6) is 0.906. The first-order valence-electron chi connectivity index (χ1n) is 9.29. The minimum atomic E-state index is -0.501. The molecule has 3 aromatic heterocycles. The van der Waals surface area contributed by atoms with E-state index in [0.717, 1.165) is 27.4 Å². The summed E-state index contributed by atoms with van der Waals surface area (Å²) in [6.07, 6.45) is 1.56. The molecule has 9 heteroatoms. The molecule has 1 amide bonds. The molecule has 0 aliphatic heterocycles. The summed E-state index contributed by atoms with van der Waals surface area (Å²) in [5.41, 5.74) is 5.06. The van der Waals surface area contributed by atoms with Crippen molar-refractivity contribution in [2.75, 3.05) is 0 Å². The highest BCUT2D eigenvalue weighted by molar-refractivity contribution is 6.05. The molecule has 0 atom stereocenters. The second-order valence-electron chi connectivity index (χ2n) is 6.98. The lowest BCUT2D eigenvalue weighted by Crippen LogP contribution is -2.27. The van der Waals surface area contributed by atoms with Crippen molar-refractivity contribution in [3.8, 4) is 5.82 Å². The number of carbonyl (C=O) groups is 1. The van der Waals surface area contributed by atoms with Crippen LogP contribution in [0.25, 0.3) is 16.6 Å². The van der Waals surface area contributed by atoms with Crippen molar-refractivity contribution in [2.24, 2.45) is 12.1 Å². The van der Waals surface area contributed by atoms with Crippen molar-refractivity contribution in [3.63, 3.8) is 0 Å². The van der Waals surface area contributed by atoms with Crippen LogP contribution in [0.3, 0.4) is 0 Å². The van der Waals surface area contributed by atoms with Crippen LogP contribution in [0.15, 0.2) is 50.8 Å². The van der Waals surface area contributed by atoms with Gasteiger partial charge in [0.2, 0.25) is 0 Å². The van der Waals surface area contributed by atoms with Crippen LogP contribution in [-0.4, -0.2) is 31.6 Å². The number of hydrazone groups is 1. The molecule has 0 spiro atoms. The van der Waals surface area contributed by atoms with E-state index in [9.17, 15) is 9.59 Å². The van der Waals surface area contributed by atoms with Crippen molar-refractivity contribution in [2.45, 2.75) is 20.8 Å². The van der Waals surface area contributed by atoms with Gasteiger partial charge in [0.15, 0.2) is 11.5 Å². The minimum Gasteiger partial charge on any atom is -0.360 e. The van der Waals surface area contributed by atoms with Gasteiger partial charge in [0.05, 0.1) is 11.6 Å². The minimum absolute atomic E-state index is 0.133. The molecule has 0 aliphatic rings. The third kappa shape index (κ3) is 3.30. The molecule has 4 rings (SSSR count). The third-order valence-electron chi connectivity index (χ3n) is 4.86. The van der Waals surface area contributed by atoms with E-state index in [-0.39, 0.29) is 11.3 Å². The van der Waals surface area contributed by atoms with E-state index in [2.05, 4.69) is 20.8 Å². The Morgan fingerprint density at radius 1 is 1.17 bits per heavy atom. The molecule has 0 radical (unpaired) electrons. The summed E-state index contributed by atoms with van der Waals surface area (Å²) < 4.78 is 8.25. The number of nitrogens with one attached hydrogen (secondary N) is 1. The standard InChI is InChI=1S/C21H20N6O3/c1-12-9-15(14(3)27(12)18-10-13(2)30-25-18)11-22-23-20(28)19-16-7-5-6-8-17(16)21(29)26(4)24-19/h5-11H,1-4H3,(H,23,28)/b22-11+. The fourth-order valence-corrected chi connectivity index (χ4v) is 3.41. The zero-order valence-corrected chi connectivity index (χ0v) is 17.0. The van der Waals surface area contributed by atoms with Gasteiger partial charge in [-0.15, -0.1) is 0 Å². The molecule has 1 N–H and O–H groups in total. The van der Waals surface area contributed by atoms with E-state index in [1.807, 2.05) is 37.5 Å². The number of carbonyl (C=O) groups excluding carboxylic acids is 1. The lowest BCUT2D eigenvalue weighted by molar-refractivity contribution is 0.0950. The van der Waals surface area contributed by atoms with Crippen molar-refractivity contribution in [1.82, 2.24) is 24.9 Å². The normalized spacial score (nSPS) is 11.5. The maximum Gasteiger partial charge on any atom is 0.292 e. The molecule has 152 valence electrons. The smallest absolute Gasteiger partial charge is 0.292 e. The largest absolute Gasteiger partial charge is 0.360 e. The molecule has 1 aromatic carbocycles. The fourth-order valence-electron chi connectivity index (χ4n) is 3.41. The molecule has 30 heavy (non-hydrogen) atoms. The molecule has 0 saturated heterocycles. The summed E-state index contributed by atoms with van der Waals surface area (Å²) in [6, 6.07) is 10.6. The number of amides is 1. The summed E-state index contributed by atoms with van der Waals surface area (Å²) in [6.45, 7) is 5.72. The Morgan fingerprint density at radius 3 is 2.60 bits per heavy atom. The predicted octanol–water partition coefficient (Wildman–Crippen LogP) is 2.40. The summed E-state index contributed by atoms with van der Waals surface area (Å²) in [4.78, 5) is 24.9. The van der Waals surface area contributed by atoms with Crippen LogP contribution in [0, 0.1) is 20.8 Å². The summed E-state index contributed by atoms with van der Waals surface area (Å²) in [5, 5.41) is 13.1. The quantitative estimate of drug-likeness (QED) is 0.415. The highest BCUT2D eigenvalue weighted by atomic mass is 16.5. The van der Waals surface area contributed by atoms with Crippen molar-refractivity contribution < 1.29 is 9.32 Å². The number of rotatable bonds is 4. The van der Waals surface area contributed by atoms with Gasteiger partial charge in [-0.1, -0.05) is 23.4 Å². The van der Waals surface area contributed by atoms with Gasteiger partial charge < -0.3 is 4.52 Å². The Kier molecular flexibility index (Phi) is 4.78. The first kappa shape index (κ1) is 19.3. The number of hydrogen-bond acceptors (Lipinski definition) is 6. The van der Waals surface area contributed by atoms with Gasteiger partial charge in [0, 0.05) is 35.5 Å².